The maximum absolute atomic E-state index is 13.3. The predicted octanol–water partition coefficient (Wildman–Crippen LogP) is 3.13. The third-order valence-electron chi connectivity index (χ3n) is 8.77. The summed E-state index contributed by atoms with van der Waals surface area (Å²) < 4.78 is 10.9. The average molecular weight is 745 g/mol. The fourth-order valence-corrected chi connectivity index (χ4v) is 5.69. The largest absolute Gasteiger partial charge is 0.496 e. The van der Waals surface area contributed by atoms with E-state index >= 15 is 0 Å². The smallest absolute Gasteiger partial charge is 0.323 e. The monoisotopic (exact) mass is 744 g/mol. The van der Waals surface area contributed by atoms with Gasteiger partial charge >= 0.3 is 11.9 Å². The van der Waals surface area contributed by atoms with E-state index in [-0.39, 0.29) is 24.5 Å². The summed E-state index contributed by atoms with van der Waals surface area (Å²) in [6.07, 6.45) is 0.524. The summed E-state index contributed by atoms with van der Waals surface area (Å²) in [5.41, 5.74) is 5.24. The van der Waals surface area contributed by atoms with Gasteiger partial charge in [-0.15, -0.1) is 0 Å². The van der Waals surface area contributed by atoms with Gasteiger partial charge in [-0.3, -0.25) is 39.8 Å². The van der Waals surface area contributed by atoms with Crippen LogP contribution in [0.5, 0.6) is 11.5 Å². The standard InChI is InChI=1S/C38H44N6O10/c1-19-25(9-7-11-27(19)43-35(47)29-13-31(53-5)23(15-39-29)17-41-33(21(3)45)37(49)50)26-10-8-12-28(20(26)2)44-36(48)30-14-32(54-6)24(16-40-30)18-42-34(22(4)46)38(51)52/h7-16,21-22,33-34,41-42,45-46H,17-18H2,1-6H3,(H,43,47)(H,44,48)(H,49,50)(H,51,52). The van der Waals surface area contributed by atoms with Crippen LogP contribution in [0.2, 0.25) is 0 Å². The summed E-state index contributed by atoms with van der Waals surface area (Å²) >= 11 is 0. The summed E-state index contributed by atoms with van der Waals surface area (Å²) in [4.78, 5) is 58.1. The molecule has 4 aromatic rings. The second kappa shape index (κ2) is 18.2. The van der Waals surface area contributed by atoms with Crippen molar-refractivity contribution in [2.45, 2.75) is 65.1 Å². The van der Waals surface area contributed by atoms with Gasteiger partial charge in [0.2, 0.25) is 0 Å². The molecule has 2 aromatic heterocycles. The van der Waals surface area contributed by atoms with Crippen molar-refractivity contribution in [3.05, 3.63) is 94.6 Å². The summed E-state index contributed by atoms with van der Waals surface area (Å²) in [6, 6.07) is 11.3. The Labute approximate surface area is 311 Å². The maximum atomic E-state index is 13.3. The quantitative estimate of drug-likeness (QED) is 0.0775. The van der Waals surface area contributed by atoms with E-state index in [0.717, 1.165) is 22.3 Å². The Bertz CT molecular complexity index is 1880. The minimum atomic E-state index is -1.21. The summed E-state index contributed by atoms with van der Waals surface area (Å²) in [6.45, 7) is 6.48. The van der Waals surface area contributed by atoms with Crippen LogP contribution in [-0.2, 0) is 22.7 Å². The maximum Gasteiger partial charge on any atom is 0.323 e. The Hall–Kier alpha value is -5.94. The zero-order valence-corrected chi connectivity index (χ0v) is 30.6. The lowest BCUT2D eigenvalue weighted by atomic mass is 9.94. The van der Waals surface area contributed by atoms with E-state index in [4.69, 9.17) is 9.47 Å². The molecule has 0 radical (unpaired) electrons. The molecule has 2 aromatic carbocycles. The van der Waals surface area contributed by atoms with E-state index in [1.54, 1.807) is 24.3 Å². The number of hydrogen-bond acceptors (Lipinski definition) is 12. The number of benzene rings is 2. The number of carboxylic acids is 2. The number of aliphatic carboxylic acids is 2. The molecule has 0 aliphatic carbocycles. The van der Waals surface area contributed by atoms with Gasteiger partial charge in [-0.1, -0.05) is 24.3 Å². The van der Waals surface area contributed by atoms with Crippen LogP contribution in [0.15, 0.2) is 60.9 Å². The van der Waals surface area contributed by atoms with Gasteiger partial charge in [0.05, 0.1) is 26.4 Å². The number of nitrogens with one attached hydrogen (secondary N) is 4. The number of aliphatic hydroxyl groups is 2. The number of carbonyl (C=O) groups excluding carboxylic acids is 2. The second-order valence-corrected chi connectivity index (χ2v) is 12.5. The van der Waals surface area contributed by atoms with Crippen LogP contribution < -0.4 is 30.7 Å². The Morgan fingerprint density at radius 1 is 0.667 bits per heavy atom. The van der Waals surface area contributed by atoms with Gasteiger partial charge in [-0.05, 0) is 62.1 Å². The van der Waals surface area contributed by atoms with Crippen molar-refractivity contribution in [2.75, 3.05) is 24.9 Å². The van der Waals surface area contributed by atoms with E-state index in [1.165, 1.54) is 52.6 Å². The first kappa shape index (κ1) is 40.8. The number of carboxylic acid groups (broad SMARTS) is 2. The van der Waals surface area contributed by atoms with Gasteiger partial charge in [0.25, 0.3) is 11.8 Å². The van der Waals surface area contributed by atoms with Crippen LogP contribution in [0.25, 0.3) is 11.1 Å². The van der Waals surface area contributed by atoms with Crippen molar-refractivity contribution in [3.8, 4) is 22.6 Å². The number of amides is 2. The van der Waals surface area contributed by atoms with Crippen LogP contribution in [0.1, 0.15) is 57.1 Å². The molecule has 16 heteroatoms. The van der Waals surface area contributed by atoms with Crippen LogP contribution in [0.4, 0.5) is 11.4 Å². The zero-order valence-electron chi connectivity index (χ0n) is 30.6. The molecule has 0 aliphatic heterocycles. The van der Waals surface area contributed by atoms with Crippen LogP contribution in [0, 0.1) is 13.8 Å². The number of anilines is 2. The second-order valence-electron chi connectivity index (χ2n) is 12.5. The Morgan fingerprint density at radius 3 is 1.35 bits per heavy atom. The summed E-state index contributed by atoms with van der Waals surface area (Å²) in [7, 11) is 2.83. The summed E-state index contributed by atoms with van der Waals surface area (Å²) in [5, 5.41) is 49.5. The van der Waals surface area contributed by atoms with Crippen LogP contribution in [-0.4, -0.2) is 92.7 Å². The Morgan fingerprint density at radius 2 is 1.04 bits per heavy atom. The molecule has 286 valence electrons. The van der Waals surface area contributed by atoms with Gasteiger partial charge in [-0.25, -0.2) is 0 Å². The van der Waals surface area contributed by atoms with E-state index < -0.39 is 48.0 Å². The van der Waals surface area contributed by atoms with Crippen molar-refractivity contribution < 1.29 is 49.1 Å². The van der Waals surface area contributed by atoms with Crippen molar-refractivity contribution in [3.63, 3.8) is 0 Å². The van der Waals surface area contributed by atoms with E-state index in [2.05, 4.69) is 31.2 Å². The fourth-order valence-electron chi connectivity index (χ4n) is 5.69. The lowest BCUT2D eigenvalue weighted by Crippen LogP contribution is -2.44. The topological polar surface area (TPSA) is 242 Å². The zero-order chi connectivity index (χ0) is 39.7. The number of carbonyl (C=O) groups is 4. The van der Waals surface area contributed by atoms with Crippen LogP contribution in [0.3, 0.4) is 0 Å². The molecule has 0 aliphatic rings. The predicted molar refractivity (Wildman–Crippen MR) is 199 cm³/mol. The SMILES string of the molecule is COc1cc(C(=O)Nc2cccc(-c3cccc(NC(=O)c4cc(OC)c(CNC(C(=O)O)C(C)O)cn4)c3C)c2C)ncc1CNC(C(=O)O)C(C)O. The van der Waals surface area contributed by atoms with E-state index in [9.17, 15) is 39.6 Å². The minimum Gasteiger partial charge on any atom is -0.496 e. The fraction of sp³-hybridized carbons (Fsp3) is 0.316. The lowest BCUT2D eigenvalue weighted by Gasteiger charge is -2.18. The van der Waals surface area contributed by atoms with Crippen molar-refractivity contribution in [1.82, 2.24) is 20.6 Å². The molecule has 2 amide bonds. The highest BCUT2D eigenvalue weighted by atomic mass is 16.5. The molecule has 16 nitrogen and oxygen atoms in total. The van der Waals surface area contributed by atoms with Crippen molar-refractivity contribution >= 4 is 35.1 Å². The molecule has 54 heavy (non-hydrogen) atoms. The molecule has 0 spiro atoms. The number of methoxy groups -OCH3 is 2. The Kier molecular flexibility index (Phi) is 13.8. The van der Waals surface area contributed by atoms with E-state index in [0.29, 0.717) is 34.0 Å². The first-order chi connectivity index (χ1) is 25.7. The van der Waals surface area contributed by atoms with Crippen molar-refractivity contribution in [2.24, 2.45) is 0 Å². The highest BCUT2D eigenvalue weighted by Crippen LogP contribution is 2.34. The van der Waals surface area contributed by atoms with Gasteiger partial charge in [0, 0.05) is 60.1 Å². The molecule has 2 heterocycles. The summed E-state index contributed by atoms with van der Waals surface area (Å²) in [5.74, 6) is -2.82. The lowest BCUT2D eigenvalue weighted by molar-refractivity contribution is -0.143. The minimum absolute atomic E-state index is 0.0246. The third kappa shape index (κ3) is 9.73. The number of nitrogens with zero attached hydrogens (tertiary/aromatic N) is 2. The highest BCUT2D eigenvalue weighted by molar-refractivity contribution is 6.05. The van der Waals surface area contributed by atoms with Gasteiger partial charge in [0.1, 0.15) is 35.0 Å². The van der Waals surface area contributed by atoms with Gasteiger partial charge in [-0.2, -0.15) is 0 Å². The normalized spacial score (nSPS) is 13.3. The van der Waals surface area contributed by atoms with Gasteiger partial charge in [0.15, 0.2) is 0 Å². The molecular formula is C38H44N6O10. The first-order valence-electron chi connectivity index (χ1n) is 16.8. The molecule has 4 rings (SSSR count). The molecule has 0 saturated heterocycles. The number of aliphatic hydroxyl groups excluding tert-OH is 2. The van der Waals surface area contributed by atoms with Gasteiger partial charge < -0.3 is 40.5 Å². The molecule has 0 fully saturated rings. The number of pyridine rings is 2. The number of aromatic nitrogens is 2. The molecular weight excluding hydrogens is 700 g/mol. The van der Waals surface area contributed by atoms with E-state index in [1.807, 2.05) is 26.0 Å². The Balaban J connectivity index is 1.51. The van der Waals surface area contributed by atoms with Crippen molar-refractivity contribution in [1.29, 1.82) is 0 Å². The number of hydrogen-bond donors (Lipinski definition) is 8. The molecule has 4 unspecified atom stereocenters. The number of ether oxygens (including phenoxy) is 2. The third-order valence-corrected chi connectivity index (χ3v) is 8.77. The molecule has 8 N–H and O–H groups in total. The molecule has 0 saturated carbocycles. The highest BCUT2D eigenvalue weighted by Gasteiger charge is 2.25. The van der Waals surface area contributed by atoms with Crippen LogP contribution >= 0.6 is 0 Å². The molecule has 0 bridgehead atoms. The average Bonchev–Trinajstić information content (AvgIpc) is 3.13. The first-order valence-corrected chi connectivity index (χ1v) is 16.8. The number of rotatable bonds is 17. The molecule has 4 atom stereocenters.